The quantitative estimate of drug-likeness (QED) is 0.850. The Bertz CT molecular complexity index is 866. The van der Waals surface area contributed by atoms with Crippen LogP contribution in [0.5, 0.6) is 0 Å². The minimum atomic E-state index is 0.0241. The van der Waals surface area contributed by atoms with E-state index in [2.05, 4.69) is 10.5 Å². The van der Waals surface area contributed by atoms with Crippen LogP contribution in [0.2, 0.25) is 0 Å². The van der Waals surface area contributed by atoms with Gasteiger partial charge < -0.3 is 14.7 Å². The monoisotopic (exact) mass is 401 g/mol. The molecule has 1 aliphatic carbocycles. The summed E-state index contributed by atoms with van der Waals surface area (Å²) in [6.07, 6.45) is 6.41. The minimum absolute atomic E-state index is 0.0241. The maximum absolute atomic E-state index is 12.8. The summed E-state index contributed by atoms with van der Waals surface area (Å²) >= 11 is 1.71. The number of carbonyl (C=O) groups is 2. The molecule has 0 bridgehead atoms. The lowest BCUT2D eigenvalue weighted by Gasteiger charge is -2.21. The number of hydrogen-bond acceptors (Lipinski definition) is 5. The number of carbonyl (C=O) groups excluding carboxylic acids is 2. The van der Waals surface area contributed by atoms with Crippen molar-refractivity contribution in [3.8, 4) is 0 Å². The highest BCUT2D eigenvalue weighted by molar-refractivity contribution is 7.10. The first-order valence-corrected chi connectivity index (χ1v) is 11.0. The minimum Gasteiger partial charge on any atom is -0.361 e. The largest absolute Gasteiger partial charge is 0.361 e. The Morgan fingerprint density at radius 2 is 2.11 bits per heavy atom. The van der Waals surface area contributed by atoms with Gasteiger partial charge in [0, 0.05) is 34.8 Å². The van der Waals surface area contributed by atoms with Crippen LogP contribution in [0.4, 0.5) is 0 Å². The molecule has 0 saturated carbocycles. The van der Waals surface area contributed by atoms with Gasteiger partial charge in [-0.05, 0) is 57.9 Å². The van der Waals surface area contributed by atoms with E-state index in [1.54, 1.807) is 11.3 Å². The van der Waals surface area contributed by atoms with Gasteiger partial charge in [-0.3, -0.25) is 9.59 Å². The fraction of sp³-hybridized carbons (Fsp3) is 0.571. The third-order valence-corrected chi connectivity index (χ3v) is 7.07. The highest BCUT2D eigenvalue weighted by atomic mass is 32.1. The molecule has 1 aliphatic heterocycles. The first-order valence-electron chi connectivity index (χ1n) is 10.1. The summed E-state index contributed by atoms with van der Waals surface area (Å²) in [7, 11) is 0. The number of thiophene rings is 1. The average Bonchev–Trinajstić information content (AvgIpc) is 3.21. The number of amides is 2. The molecule has 4 rings (SSSR count). The van der Waals surface area contributed by atoms with Crippen molar-refractivity contribution in [1.29, 1.82) is 0 Å². The molecule has 2 amide bonds. The van der Waals surface area contributed by atoms with Gasteiger partial charge in [0.1, 0.15) is 5.76 Å². The highest BCUT2D eigenvalue weighted by Crippen LogP contribution is 2.30. The first-order chi connectivity index (χ1) is 13.5. The summed E-state index contributed by atoms with van der Waals surface area (Å²) in [4.78, 5) is 28.7. The molecule has 2 aromatic heterocycles. The van der Waals surface area contributed by atoms with Gasteiger partial charge in [0.2, 0.25) is 5.91 Å². The zero-order chi connectivity index (χ0) is 19.7. The van der Waals surface area contributed by atoms with Crippen molar-refractivity contribution in [3.05, 3.63) is 38.4 Å². The van der Waals surface area contributed by atoms with Crippen LogP contribution in [0.15, 0.2) is 9.90 Å². The van der Waals surface area contributed by atoms with E-state index in [1.165, 1.54) is 23.3 Å². The molecule has 1 N–H and O–H groups in total. The van der Waals surface area contributed by atoms with Crippen molar-refractivity contribution in [2.75, 3.05) is 6.54 Å². The lowest BCUT2D eigenvalue weighted by Crippen LogP contribution is -2.36. The molecule has 1 atom stereocenters. The van der Waals surface area contributed by atoms with E-state index in [-0.39, 0.29) is 17.9 Å². The maximum atomic E-state index is 12.8. The third kappa shape index (κ3) is 3.85. The van der Waals surface area contributed by atoms with Gasteiger partial charge in [0.05, 0.1) is 17.8 Å². The van der Waals surface area contributed by atoms with Crippen LogP contribution < -0.4 is 5.32 Å². The molecule has 2 aliphatic rings. The van der Waals surface area contributed by atoms with Crippen LogP contribution >= 0.6 is 11.3 Å². The van der Waals surface area contributed by atoms with Gasteiger partial charge in [-0.25, -0.2) is 0 Å². The molecule has 1 fully saturated rings. The summed E-state index contributed by atoms with van der Waals surface area (Å²) in [6, 6.07) is 0.0326. The number of aryl methyl sites for hydroxylation is 3. The van der Waals surface area contributed by atoms with E-state index in [1.807, 2.05) is 24.1 Å². The van der Waals surface area contributed by atoms with E-state index in [9.17, 15) is 9.59 Å². The molecular weight excluding hydrogens is 374 g/mol. The summed E-state index contributed by atoms with van der Waals surface area (Å²) in [5.41, 5.74) is 3.92. The highest BCUT2D eigenvalue weighted by Gasteiger charge is 2.27. The molecular formula is C21H27N3O3S. The lowest BCUT2D eigenvalue weighted by molar-refractivity contribution is -0.131. The lowest BCUT2D eigenvalue weighted by atomic mass is 9.95. The second-order valence-electron chi connectivity index (χ2n) is 7.87. The third-order valence-electron chi connectivity index (χ3n) is 5.98. The van der Waals surface area contributed by atoms with Crippen molar-refractivity contribution in [2.24, 2.45) is 0 Å². The van der Waals surface area contributed by atoms with Crippen LogP contribution in [0.1, 0.15) is 69.9 Å². The zero-order valence-electron chi connectivity index (χ0n) is 16.5. The number of fused-ring (bicyclic) bond motifs is 1. The fourth-order valence-electron chi connectivity index (χ4n) is 4.21. The molecule has 0 radical (unpaired) electrons. The number of nitrogens with one attached hydrogen (secondary N) is 1. The zero-order valence-corrected chi connectivity index (χ0v) is 17.4. The molecule has 1 unspecified atom stereocenters. The van der Waals surface area contributed by atoms with Gasteiger partial charge in [0.25, 0.3) is 5.91 Å². The van der Waals surface area contributed by atoms with Crippen molar-refractivity contribution >= 4 is 23.2 Å². The first kappa shape index (κ1) is 19.2. The molecule has 1 saturated heterocycles. The Kier molecular flexibility index (Phi) is 5.53. The van der Waals surface area contributed by atoms with Gasteiger partial charge in [0.15, 0.2) is 0 Å². The standard InChI is InChI=1S/C21H27N3O3S/c1-13-17(14(2)27-23-13)11-24-10-9-15(7-8-20(24)25)22-21(26)18-12-28-19-6-4-3-5-16(18)19/h12,15H,3-11H2,1-2H3,(H,22,26). The van der Waals surface area contributed by atoms with Crippen LogP contribution in [-0.4, -0.2) is 34.5 Å². The smallest absolute Gasteiger partial charge is 0.252 e. The summed E-state index contributed by atoms with van der Waals surface area (Å²) in [5, 5.41) is 9.18. The number of likely N-dealkylation sites (tertiary alicyclic amines) is 1. The van der Waals surface area contributed by atoms with E-state index >= 15 is 0 Å². The molecule has 150 valence electrons. The van der Waals surface area contributed by atoms with Gasteiger partial charge in [-0.2, -0.15) is 0 Å². The summed E-state index contributed by atoms with van der Waals surface area (Å²) in [5.74, 6) is 0.919. The number of nitrogens with zero attached hydrogens (tertiary/aromatic N) is 2. The molecule has 3 heterocycles. The number of rotatable bonds is 4. The normalized spacial score (nSPS) is 20.0. The van der Waals surface area contributed by atoms with Crippen LogP contribution in [0, 0.1) is 13.8 Å². The Labute approximate surface area is 169 Å². The van der Waals surface area contributed by atoms with Gasteiger partial charge in [-0.15, -0.1) is 11.3 Å². The van der Waals surface area contributed by atoms with Crippen LogP contribution in [-0.2, 0) is 24.2 Å². The van der Waals surface area contributed by atoms with Crippen molar-refractivity contribution in [2.45, 2.75) is 71.4 Å². The molecule has 6 nitrogen and oxygen atoms in total. The Morgan fingerprint density at radius 3 is 2.89 bits per heavy atom. The Balaban J connectivity index is 1.39. The molecule has 0 aromatic carbocycles. The van der Waals surface area contributed by atoms with Crippen LogP contribution in [0.3, 0.4) is 0 Å². The number of hydrogen-bond donors (Lipinski definition) is 1. The topological polar surface area (TPSA) is 75.4 Å². The molecule has 0 spiro atoms. The fourth-order valence-corrected chi connectivity index (χ4v) is 5.34. The molecule has 7 heteroatoms. The second kappa shape index (κ2) is 8.07. The van der Waals surface area contributed by atoms with E-state index in [4.69, 9.17) is 4.52 Å². The van der Waals surface area contributed by atoms with E-state index < -0.39 is 0 Å². The second-order valence-corrected chi connectivity index (χ2v) is 8.84. The SMILES string of the molecule is Cc1noc(C)c1CN1CCC(NC(=O)c2csc3c2CCCC3)CCC1=O. The summed E-state index contributed by atoms with van der Waals surface area (Å²) < 4.78 is 5.22. The molecule has 28 heavy (non-hydrogen) atoms. The van der Waals surface area contributed by atoms with E-state index in [0.717, 1.165) is 41.8 Å². The average molecular weight is 402 g/mol. The van der Waals surface area contributed by atoms with Crippen molar-refractivity contribution in [1.82, 2.24) is 15.4 Å². The van der Waals surface area contributed by atoms with Gasteiger partial charge >= 0.3 is 0 Å². The Morgan fingerprint density at radius 1 is 1.29 bits per heavy atom. The predicted octanol–water partition coefficient (Wildman–Crippen LogP) is 3.54. The number of aromatic nitrogens is 1. The van der Waals surface area contributed by atoms with Crippen molar-refractivity contribution < 1.29 is 14.1 Å². The predicted molar refractivity (Wildman–Crippen MR) is 107 cm³/mol. The maximum Gasteiger partial charge on any atom is 0.252 e. The van der Waals surface area contributed by atoms with Crippen LogP contribution in [0.25, 0.3) is 0 Å². The van der Waals surface area contributed by atoms with Gasteiger partial charge in [-0.1, -0.05) is 5.16 Å². The van der Waals surface area contributed by atoms with Crippen molar-refractivity contribution in [3.63, 3.8) is 0 Å². The summed E-state index contributed by atoms with van der Waals surface area (Å²) in [6.45, 7) is 4.94. The Hall–Kier alpha value is -2.15. The molecule has 2 aromatic rings. The van der Waals surface area contributed by atoms with E-state index in [0.29, 0.717) is 25.9 Å².